The molecule has 0 aromatic heterocycles. The Morgan fingerprint density at radius 3 is 2.42 bits per heavy atom. The highest BCUT2D eigenvalue weighted by molar-refractivity contribution is 7.92. The van der Waals surface area contributed by atoms with Crippen LogP contribution in [-0.2, 0) is 14.8 Å². The van der Waals surface area contributed by atoms with Crippen molar-refractivity contribution in [2.75, 3.05) is 38.2 Å². The lowest BCUT2D eigenvalue weighted by Gasteiger charge is -2.33. The van der Waals surface area contributed by atoms with E-state index in [0.29, 0.717) is 35.5 Å². The van der Waals surface area contributed by atoms with Crippen molar-refractivity contribution in [3.05, 3.63) is 47.5 Å². The highest BCUT2D eigenvalue weighted by Gasteiger charge is 2.31. The third kappa shape index (κ3) is 5.25. The van der Waals surface area contributed by atoms with Crippen molar-refractivity contribution in [3.8, 4) is 11.5 Å². The molecular weight excluding hydrogens is 440 g/mol. The number of halogens is 1. The van der Waals surface area contributed by atoms with Gasteiger partial charge in [-0.2, -0.15) is 0 Å². The van der Waals surface area contributed by atoms with E-state index in [4.69, 9.17) is 21.1 Å². The van der Waals surface area contributed by atoms with Gasteiger partial charge >= 0.3 is 0 Å². The molecular formula is C22H27ClN2O5S. The van der Waals surface area contributed by atoms with Crippen molar-refractivity contribution in [1.82, 2.24) is 4.90 Å². The fourth-order valence-electron chi connectivity index (χ4n) is 3.67. The summed E-state index contributed by atoms with van der Waals surface area (Å²) in [6.07, 6.45) is 1.98. The molecule has 1 atom stereocenters. The monoisotopic (exact) mass is 466 g/mol. The molecule has 2 aromatic carbocycles. The average Bonchev–Trinajstić information content (AvgIpc) is 2.77. The minimum Gasteiger partial charge on any atom is -0.493 e. The lowest BCUT2D eigenvalue weighted by Crippen LogP contribution is -2.46. The largest absolute Gasteiger partial charge is 0.493 e. The van der Waals surface area contributed by atoms with Gasteiger partial charge < -0.3 is 14.4 Å². The third-order valence-corrected chi connectivity index (χ3v) is 7.37. The second-order valence-electron chi connectivity index (χ2n) is 7.59. The van der Waals surface area contributed by atoms with Crippen LogP contribution in [0.3, 0.4) is 0 Å². The predicted molar refractivity (Wildman–Crippen MR) is 121 cm³/mol. The first kappa shape index (κ1) is 23.2. The first-order valence-electron chi connectivity index (χ1n) is 10.0. The fourth-order valence-corrected chi connectivity index (χ4v) is 5.22. The lowest BCUT2D eigenvalue weighted by molar-refractivity contribution is -0.131. The summed E-state index contributed by atoms with van der Waals surface area (Å²) in [6.45, 7) is 3.06. The summed E-state index contributed by atoms with van der Waals surface area (Å²) in [5, 5.41) is 0.475. The number of carbonyl (C=O) groups is 1. The molecule has 0 unspecified atom stereocenters. The van der Waals surface area contributed by atoms with Gasteiger partial charge in [-0.3, -0.25) is 9.10 Å². The topological polar surface area (TPSA) is 76.2 Å². The molecule has 3 rings (SSSR count). The number of rotatable bonds is 7. The predicted octanol–water partition coefficient (Wildman–Crippen LogP) is 3.81. The zero-order valence-corrected chi connectivity index (χ0v) is 19.4. The van der Waals surface area contributed by atoms with Crippen molar-refractivity contribution < 1.29 is 22.7 Å². The highest BCUT2D eigenvalue weighted by atomic mass is 35.5. The molecule has 0 radical (unpaired) electrons. The number of hydrogen-bond donors (Lipinski definition) is 0. The third-order valence-electron chi connectivity index (χ3n) is 5.35. The van der Waals surface area contributed by atoms with Gasteiger partial charge in [-0.25, -0.2) is 8.42 Å². The SMILES string of the molecule is COc1ccc(S(=O)(=O)N(CC(=O)N2CCC[C@H](C)C2)c2ccc(Cl)cc2)cc1OC. The number of amides is 1. The molecule has 0 spiro atoms. The van der Waals surface area contributed by atoms with Crippen LogP contribution in [0.25, 0.3) is 0 Å². The number of hydrogen-bond acceptors (Lipinski definition) is 5. The fraction of sp³-hybridized carbons (Fsp3) is 0.409. The van der Waals surface area contributed by atoms with E-state index in [0.717, 1.165) is 17.1 Å². The van der Waals surface area contributed by atoms with Crippen LogP contribution in [0.5, 0.6) is 11.5 Å². The van der Waals surface area contributed by atoms with E-state index in [1.165, 1.54) is 32.4 Å². The van der Waals surface area contributed by atoms with E-state index in [9.17, 15) is 13.2 Å². The molecule has 1 amide bonds. The molecule has 0 saturated carbocycles. The Balaban J connectivity index is 1.99. The number of piperidine rings is 1. The van der Waals surface area contributed by atoms with Crippen LogP contribution in [-0.4, -0.2) is 53.1 Å². The van der Waals surface area contributed by atoms with E-state index >= 15 is 0 Å². The van der Waals surface area contributed by atoms with Crippen LogP contribution >= 0.6 is 11.6 Å². The summed E-state index contributed by atoms with van der Waals surface area (Å²) >= 11 is 5.99. The summed E-state index contributed by atoms with van der Waals surface area (Å²) in [5.74, 6) is 0.864. The normalized spacial score (nSPS) is 16.6. The Morgan fingerprint density at radius 1 is 1.13 bits per heavy atom. The molecule has 0 N–H and O–H groups in total. The molecule has 1 aliphatic rings. The first-order chi connectivity index (χ1) is 14.8. The van der Waals surface area contributed by atoms with Crippen molar-refractivity contribution in [2.24, 2.45) is 5.92 Å². The number of benzene rings is 2. The first-order valence-corrected chi connectivity index (χ1v) is 11.9. The molecule has 1 fully saturated rings. The Kier molecular flexibility index (Phi) is 7.33. The number of sulfonamides is 1. The Labute approximate surface area is 188 Å². The second-order valence-corrected chi connectivity index (χ2v) is 9.89. The number of likely N-dealkylation sites (tertiary alicyclic amines) is 1. The molecule has 7 nitrogen and oxygen atoms in total. The molecule has 1 saturated heterocycles. The zero-order chi connectivity index (χ0) is 22.6. The van der Waals surface area contributed by atoms with Gasteiger partial charge in [0.15, 0.2) is 11.5 Å². The summed E-state index contributed by atoms with van der Waals surface area (Å²) in [5.41, 5.74) is 0.359. The summed E-state index contributed by atoms with van der Waals surface area (Å²) < 4.78 is 38.8. The maximum Gasteiger partial charge on any atom is 0.264 e. The quantitative estimate of drug-likeness (QED) is 0.620. The molecule has 0 aliphatic carbocycles. The van der Waals surface area contributed by atoms with Crippen molar-refractivity contribution in [1.29, 1.82) is 0 Å². The zero-order valence-electron chi connectivity index (χ0n) is 17.9. The minimum atomic E-state index is -4.06. The number of nitrogens with zero attached hydrogens (tertiary/aromatic N) is 2. The Bertz CT molecular complexity index is 1030. The number of methoxy groups -OCH3 is 2. The van der Waals surface area contributed by atoms with E-state index in [1.54, 1.807) is 29.2 Å². The van der Waals surface area contributed by atoms with Gasteiger partial charge in [-0.05, 0) is 55.2 Å². The van der Waals surface area contributed by atoms with E-state index in [-0.39, 0.29) is 23.1 Å². The van der Waals surface area contributed by atoms with E-state index in [2.05, 4.69) is 6.92 Å². The van der Waals surface area contributed by atoms with E-state index < -0.39 is 10.0 Å². The van der Waals surface area contributed by atoms with Gasteiger partial charge in [0, 0.05) is 24.2 Å². The van der Waals surface area contributed by atoms with Gasteiger partial charge in [0.1, 0.15) is 6.54 Å². The summed E-state index contributed by atoms with van der Waals surface area (Å²) in [4.78, 5) is 14.8. The van der Waals surface area contributed by atoms with Gasteiger partial charge in [-0.15, -0.1) is 0 Å². The van der Waals surface area contributed by atoms with Crippen LogP contribution in [0.1, 0.15) is 19.8 Å². The molecule has 9 heteroatoms. The number of anilines is 1. The Morgan fingerprint density at radius 2 is 1.81 bits per heavy atom. The van der Waals surface area contributed by atoms with Crippen LogP contribution in [0.15, 0.2) is 47.4 Å². The van der Waals surface area contributed by atoms with Crippen LogP contribution in [0, 0.1) is 5.92 Å². The van der Waals surface area contributed by atoms with Crippen molar-refractivity contribution in [2.45, 2.75) is 24.7 Å². The molecule has 0 bridgehead atoms. The van der Waals surface area contributed by atoms with Crippen LogP contribution in [0.2, 0.25) is 5.02 Å². The van der Waals surface area contributed by atoms with Crippen molar-refractivity contribution in [3.63, 3.8) is 0 Å². The van der Waals surface area contributed by atoms with Gasteiger partial charge in [0.25, 0.3) is 10.0 Å². The van der Waals surface area contributed by atoms with Crippen LogP contribution in [0.4, 0.5) is 5.69 Å². The van der Waals surface area contributed by atoms with Crippen molar-refractivity contribution >= 4 is 33.2 Å². The maximum atomic E-state index is 13.6. The lowest BCUT2D eigenvalue weighted by atomic mass is 10.0. The maximum absolute atomic E-state index is 13.6. The average molecular weight is 467 g/mol. The Hall–Kier alpha value is -2.45. The smallest absolute Gasteiger partial charge is 0.264 e. The van der Waals surface area contributed by atoms with Crippen LogP contribution < -0.4 is 13.8 Å². The molecule has 31 heavy (non-hydrogen) atoms. The molecule has 1 aliphatic heterocycles. The molecule has 1 heterocycles. The second kappa shape index (κ2) is 9.78. The molecule has 168 valence electrons. The number of carbonyl (C=O) groups excluding carboxylic acids is 1. The minimum absolute atomic E-state index is 0.0000813. The number of ether oxygens (including phenoxy) is 2. The molecule has 2 aromatic rings. The van der Waals surface area contributed by atoms with Gasteiger partial charge in [0.2, 0.25) is 5.91 Å². The van der Waals surface area contributed by atoms with Gasteiger partial charge in [0.05, 0.1) is 24.8 Å². The summed E-state index contributed by atoms with van der Waals surface area (Å²) in [7, 11) is -1.15. The van der Waals surface area contributed by atoms with Gasteiger partial charge in [-0.1, -0.05) is 18.5 Å². The van der Waals surface area contributed by atoms with E-state index in [1.807, 2.05) is 0 Å². The summed E-state index contributed by atoms with van der Waals surface area (Å²) in [6, 6.07) is 10.7. The highest BCUT2D eigenvalue weighted by Crippen LogP contribution is 2.32. The standard InChI is InChI=1S/C22H27ClN2O5S/c1-16-5-4-12-24(14-16)22(26)15-25(18-8-6-17(23)7-9-18)31(27,28)19-10-11-20(29-2)21(13-19)30-3/h6-11,13,16H,4-5,12,14-15H2,1-3H3/t16-/m0/s1.